The molecule has 1 aromatic carbocycles. The van der Waals surface area contributed by atoms with Gasteiger partial charge in [-0.25, -0.2) is 0 Å². The van der Waals surface area contributed by atoms with E-state index in [1.54, 1.807) is 38.1 Å². The van der Waals surface area contributed by atoms with Gasteiger partial charge in [0.2, 0.25) is 0 Å². The minimum Gasteiger partial charge on any atom is -0.510 e. The van der Waals surface area contributed by atoms with Crippen LogP contribution in [0.15, 0.2) is 35.1 Å². The normalized spacial score (nSPS) is 33.9. The first-order valence-electron chi connectivity index (χ1n) is 12.3. The van der Waals surface area contributed by atoms with Crippen LogP contribution in [0.4, 0.5) is 0 Å². The molecule has 1 aromatic rings. The Balaban J connectivity index is 2.02. The maximum absolute atomic E-state index is 14.2. The summed E-state index contributed by atoms with van der Waals surface area (Å²) in [7, 11) is 3.24. The number of carbonyl (C=O) groups excluding carboxylic acids is 2. The Hall–Kier alpha value is -2.72. The molecule has 0 heterocycles. The number of fused-ring (bicyclic) bond motifs is 3. The van der Waals surface area contributed by atoms with Crippen LogP contribution in [0.2, 0.25) is 0 Å². The average molecular weight is 502 g/mol. The van der Waals surface area contributed by atoms with E-state index in [0.29, 0.717) is 12.0 Å². The highest BCUT2D eigenvalue weighted by molar-refractivity contribution is 6.11. The number of unbranched alkanes of at least 4 members (excludes halogenated alkanes) is 1. The second-order valence-electron chi connectivity index (χ2n) is 10.4. The van der Waals surface area contributed by atoms with Crippen LogP contribution < -0.4 is 0 Å². The number of aromatic hydroxyl groups is 1. The first kappa shape index (κ1) is 26.3. The molecule has 0 amide bonds. The third kappa shape index (κ3) is 3.52. The third-order valence-corrected chi connectivity index (χ3v) is 8.06. The van der Waals surface area contributed by atoms with Gasteiger partial charge >= 0.3 is 0 Å². The standard InChI is InChI=1S/C27H35NO8/c1-6-7-11-36-26-17(13(3)29)24(33)21(28(4)5)20-23(32)16-12(2)14-9-8-10-15(30)18(14)22(31)19(16)25(34)27(20,26)35/h8-10,12,16,20-21,23,26,30-33,35H,6-7,11H2,1-5H3/t12-,16+,20+,21-,23-,26?,27-/m0/s1. The van der Waals surface area contributed by atoms with Gasteiger partial charge in [0.15, 0.2) is 17.2 Å². The van der Waals surface area contributed by atoms with Crippen LogP contribution in [0.25, 0.3) is 5.76 Å². The lowest BCUT2D eigenvalue weighted by Gasteiger charge is -2.56. The number of aliphatic hydroxyl groups is 4. The van der Waals surface area contributed by atoms with E-state index in [2.05, 4.69) is 0 Å². The van der Waals surface area contributed by atoms with Crippen molar-refractivity contribution >= 4 is 17.3 Å². The molecule has 1 fully saturated rings. The number of ether oxygens (including phenoxy) is 1. The average Bonchev–Trinajstić information content (AvgIpc) is 2.80. The zero-order chi connectivity index (χ0) is 26.7. The van der Waals surface area contributed by atoms with Crippen LogP contribution in [0.1, 0.15) is 50.7 Å². The first-order valence-corrected chi connectivity index (χ1v) is 12.3. The zero-order valence-electron chi connectivity index (χ0n) is 21.2. The number of nitrogens with zero attached hydrogens (tertiary/aromatic N) is 1. The van der Waals surface area contributed by atoms with Crippen LogP contribution in [0.3, 0.4) is 0 Å². The van der Waals surface area contributed by atoms with Crippen LogP contribution in [0.5, 0.6) is 5.75 Å². The SMILES string of the molecule is CCCCOC1C(C(C)=O)=C(O)[C@@H](N(C)C)[C@@H]2[C@@H](O)[C@H]3C(=C(O)c4c(O)cccc4[C@@H]3C)C(=O)[C@]12O. The summed E-state index contributed by atoms with van der Waals surface area (Å²) in [5.74, 6) is -5.26. The molecule has 1 unspecified atom stereocenters. The number of hydrogen-bond donors (Lipinski definition) is 5. The largest absolute Gasteiger partial charge is 0.510 e. The van der Waals surface area contributed by atoms with Gasteiger partial charge in [-0.1, -0.05) is 32.4 Å². The maximum Gasteiger partial charge on any atom is 0.197 e. The fourth-order valence-electron chi connectivity index (χ4n) is 6.40. The molecule has 0 spiro atoms. The number of ketones is 2. The van der Waals surface area contributed by atoms with Crippen molar-refractivity contribution in [2.24, 2.45) is 11.8 Å². The smallest absolute Gasteiger partial charge is 0.197 e. The van der Waals surface area contributed by atoms with E-state index < -0.39 is 58.9 Å². The van der Waals surface area contributed by atoms with Crippen molar-refractivity contribution < 1.29 is 39.9 Å². The van der Waals surface area contributed by atoms with Crippen molar-refractivity contribution in [1.82, 2.24) is 4.90 Å². The van der Waals surface area contributed by atoms with Gasteiger partial charge in [-0.05, 0) is 45.0 Å². The van der Waals surface area contributed by atoms with Gasteiger partial charge in [0, 0.05) is 24.0 Å². The van der Waals surface area contributed by atoms with E-state index in [9.17, 15) is 35.1 Å². The molecule has 0 aliphatic heterocycles. The summed E-state index contributed by atoms with van der Waals surface area (Å²) < 4.78 is 5.93. The van der Waals surface area contributed by atoms with E-state index in [-0.39, 0.29) is 34.8 Å². The Morgan fingerprint density at radius 3 is 2.44 bits per heavy atom. The highest BCUT2D eigenvalue weighted by atomic mass is 16.5. The van der Waals surface area contributed by atoms with E-state index in [4.69, 9.17) is 4.74 Å². The van der Waals surface area contributed by atoms with Gasteiger partial charge in [-0.2, -0.15) is 0 Å². The van der Waals surface area contributed by atoms with Crippen molar-refractivity contribution in [3.05, 3.63) is 46.2 Å². The van der Waals surface area contributed by atoms with E-state index >= 15 is 0 Å². The maximum atomic E-state index is 14.2. The fourth-order valence-corrected chi connectivity index (χ4v) is 6.40. The molecule has 1 saturated carbocycles. The Morgan fingerprint density at radius 2 is 1.86 bits per heavy atom. The number of aliphatic hydroxyl groups excluding tert-OH is 3. The molecule has 196 valence electrons. The number of phenolic OH excluding ortho intramolecular Hbond substituents is 1. The van der Waals surface area contributed by atoms with Gasteiger partial charge in [0.05, 0.1) is 23.3 Å². The van der Waals surface area contributed by atoms with Gasteiger partial charge in [0.1, 0.15) is 23.4 Å². The predicted molar refractivity (Wildman–Crippen MR) is 131 cm³/mol. The summed E-state index contributed by atoms with van der Waals surface area (Å²) in [6, 6.07) is 3.64. The second-order valence-corrected chi connectivity index (χ2v) is 10.4. The Morgan fingerprint density at radius 1 is 1.19 bits per heavy atom. The summed E-state index contributed by atoms with van der Waals surface area (Å²) >= 11 is 0. The monoisotopic (exact) mass is 501 g/mol. The lowest BCUT2D eigenvalue weighted by molar-refractivity contribution is -0.198. The van der Waals surface area contributed by atoms with Gasteiger partial charge in [-0.15, -0.1) is 0 Å². The zero-order valence-corrected chi connectivity index (χ0v) is 21.2. The highest BCUT2D eigenvalue weighted by Gasteiger charge is 2.69. The summed E-state index contributed by atoms with van der Waals surface area (Å²) in [4.78, 5) is 28.5. The number of Topliss-reactive ketones (excluding diaryl/α,β-unsaturated/α-hetero) is 2. The molecule has 36 heavy (non-hydrogen) atoms. The van der Waals surface area contributed by atoms with E-state index in [1.807, 2.05) is 6.92 Å². The van der Waals surface area contributed by atoms with Gasteiger partial charge in [-0.3, -0.25) is 14.5 Å². The minimum atomic E-state index is -2.46. The molecule has 5 N–H and O–H groups in total. The molecule has 9 nitrogen and oxygen atoms in total. The second kappa shape index (κ2) is 9.30. The van der Waals surface area contributed by atoms with Crippen LogP contribution in [-0.4, -0.2) is 86.6 Å². The topological polar surface area (TPSA) is 148 Å². The molecule has 4 rings (SSSR count). The van der Waals surface area contributed by atoms with Crippen molar-refractivity contribution in [1.29, 1.82) is 0 Å². The minimum absolute atomic E-state index is 0.0763. The Kier molecular flexibility index (Phi) is 6.81. The summed E-state index contributed by atoms with van der Waals surface area (Å²) in [6.45, 7) is 5.03. The van der Waals surface area contributed by atoms with Crippen molar-refractivity contribution in [3.8, 4) is 5.75 Å². The van der Waals surface area contributed by atoms with Crippen LogP contribution in [-0.2, 0) is 14.3 Å². The summed E-state index contributed by atoms with van der Waals surface area (Å²) in [6.07, 6.45) is -1.63. The number of carbonyl (C=O) groups is 2. The van der Waals surface area contributed by atoms with Crippen molar-refractivity contribution in [2.75, 3.05) is 20.7 Å². The number of benzene rings is 1. The van der Waals surface area contributed by atoms with Crippen LogP contribution >= 0.6 is 0 Å². The summed E-state index contributed by atoms with van der Waals surface area (Å²) in [5.41, 5.74) is -2.27. The molecule has 0 saturated heterocycles. The molecule has 0 aromatic heterocycles. The summed E-state index contributed by atoms with van der Waals surface area (Å²) in [5, 5.41) is 57.1. The number of rotatable bonds is 6. The Bertz CT molecular complexity index is 1150. The number of hydrogen-bond acceptors (Lipinski definition) is 9. The fraction of sp³-hybridized carbons (Fsp3) is 0.556. The quantitative estimate of drug-likeness (QED) is 0.370. The van der Waals surface area contributed by atoms with E-state index in [1.165, 1.54) is 13.0 Å². The van der Waals surface area contributed by atoms with E-state index in [0.717, 1.165) is 6.42 Å². The molecule has 0 radical (unpaired) electrons. The van der Waals surface area contributed by atoms with Crippen molar-refractivity contribution in [2.45, 2.75) is 63.4 Å². The number of phenols is 1. The molecular weight excluding hydrogens is 466 g/mol. The van der Waals surface area contributed by atoms with Crippen LogP contribution in [0, 0.1) is 11.8 Å². The van der Waals surface area contributed by atoms with Crippen molar-refractivity contribution in [3.63, 3.8) is 0 Å². The first-order chi connectivity index (χ1) is 16.9. The lowest BCUT2D eigenvalue weighted by Crippen LogP contribution is -2.73. The van der Waals surface area contributed by atoms with Gasteiger partial charge < -0.3 is 30.3 Å². The molecular formula is C27H35NO8. The lowest BCUT2D eigenvalue weighted by atomic mass is 9.53. The third-order valence-electron chi connectivity index (χ3n) is 8.06. The molecule has 9 heteroatoms. The molecule has 7 atom stereocenters. The predicted octanol–water partition coefficient (Wildman–Crippen LogP) is 2.22. The van der Waals surface area contributed by atoms with Gasteiger partial charge in [0.25, 0.3) is 0 Å². The Labute approximate surface area is 210 Å². The highest BCUT2D eigenvalue weighted by Crippen LogP contribution is 2.56. The molecule has 3 aliphatic carbocycles. The number of likely N-dealkylation sites (N-methyl/N-ethyl adjacent to an activating group) is 1. The molecule has 0 bridgehead atoms. The molecule has 3 aliphatic rings.